The van der Waals surface area contributed by atoms with E-state index >= 15 is 0 Å². The predicted molar refractivity (Wildman–Crippen MR) is 95.2 cm³/mol. The molecule has 136 valence electrons. The second-order valence-corrected chi connectivity index (χ2v) is 6.28. The number of esters is 1. The van der Waals surface area contributed by atoms with Crippen LogP contribution in [0.4, 0.5) is 0 Å². The van der Waals surface area contributed by atoms with Gasteiger partial charge in [0.2, 0.25) is 6.10 Å². The fourth-order valence-corrected chi connectivity index (χ4v) is 2.55. The van der Waals surface area contributed by atoms with Crippen LogP contribution in [0.25, 0.3) is 0 Å². The number of carbonyl (C=O) groups is 2. The Bertz CT molecular complexity index is 793. The number of rotatable bonds is 5. The predicted octanol–water partition coefficient (Wildman–Crippen LogP) is 2.68. The molecule has 0 aromatic heterocycles. The highest BCUT2D eigenvalue weighted by molar-refractivity contribution is 6.30. The third-order valence-electron chi connectivity index (χ3n) is 3.87. The van der Waals surface area contributed by atoms with Gasteiger partial charge in [-0.1, -0.05) is 35.9 Å². The maximum absolute atomic E-state index is 12.2. The number of hydrogen-bond donors (Lipinski definition) is 0. The molecule has 6 nitrogen and oxygen atoms in total. The van der Waals surface area contributed by atoms with Gasteiger partial charge in [0.05, 0.1) is 0 Å². The number of halogens is 1. The van der Waals surface area contributed by atoms with Crippen LogP contribution in [0.2, 0.25) is 5.02 Å². The van der Waals surface area contributed by atoms with Crippen LogP contribution >= 0.6 is 11.6 Å². The summed E-state index contributed by atoms with van der Waals surface area (Å²) >= 11 is 5.84. The molecule has 0 radical (unpaired) electrons. The van der Waals surface area contributed by atoms with Crippen LogP contribution in [0.15, 0.2) is 48.5 Å². The lowest BCUT2D eigenvalue weighted by atomic mass is 10.2. The monoisotopic (exact) mass is 375 g/mol. The van der Waals surface area contributed by atoms with E-state index in [1.807, 2.05) is 18.2 Å². The summed E-state index contributed by atoms with van der Waals surface area (Å²) in [5.74, 6) is 0.111. The largest absolute Gasteiger partial charge is 0.485 e. The van der Waals surface area contributed by atoms with Crippen LogP contribution in [0.5, 0.6) is 11.5 Å². The summed E-state index contributed by atoms with van der Waals surface area (Å²) in [6, 6.07) is 14.2. The number of carbonyl (C=O) groups excluding carboxylic acids is 2. The molecule has 0 saturated carbocycles. The quantitative estimate of drug-likeness (QED) is 0.752. The molecule has 1 amide bonds. The van der Waals surface area contributed by atoms with E-state index in [1.54, 1.807) is 37.4 Å². The Morgan fingerprint density at radius 3 is 2.58 bits per heavy atom. The van der Waals surface area contributed by atoms with Crippen molar-refractivity contribution in [1.82, 2.24) is 4.90 Å². The van der Waals surface area contributed by atoms with E-state index in [4.69, 9.17) is 25.8 Å². The van der Waals surface area contributed by atoms with E-state index in [0.29, 0.717) is 23.1 Å². The molecule has 2 aromatic rings. The number of hydrogen-bond acceptors (Lipinski definition) is 5. The van der Waals surface area contributed by atoms with E-state index < -0.39 is 12.1 Å². The Balaban J connectivity index is 1.48. The van der Waals surface area contributed by atoms with Crippen molar-refractivity contribution in [2.45, 2.75) is 12.6 Å². The maximum Gasteiger partial charge on any atom is 0.351 e. The van der Waals surface area contributed by atoms with Crippen LogP contribution in [-0.2, 0) is 20.9 Å². The Morgan fingerprint density at radius 1 is 1.15 bits per heavy atom. The number of nitrogens with zero attached hydrogens (tertiary/aromatic N) is 1. The van der Waals surface area contributed by atoms with Crippen molar-refractivity contribution in [3.63, 3.8) is 0 Å². The first-order valence-electron chi connectivity index (χ1n) is 8.06. The van der Waals surface area contributed by atoms with E-state index in [9.17, 15) is 9.59 Å². The zero-order chi connectivity index (χ0) is 18.5. The van der Waals surface area contributed by atoms with Crippen LogP contribution in [0.3, 0.4) is 0 Å². The van der Waals surface area contributed by atoms with Crippen LogP contribution in [0, 0.1) is 0 Å². The average molecular weight is 376 g/mol. The molecule has 0 saturated heterocycles. The number of amides is 1. The number of para-hydroxylation sites is 2. The first-order valence-corrected chi connectivity index (χ1v) is 8.44. The summed E-state index contributed by atoms with van der Waals surface area (Å²) in [6.45, 7) is 0.0824. The SMILES string of the molecule is CN(Cc1ccc(Cl)cc1)C(=O)COC(=O)[C@@H]1COc2ccccc2O1. The molecule has 1 aliphatic heterocycles. The van der Waals surface area contributed by atoms with Gasteiger partial charge in [0.15, 0.2) is 18.1 Å². The Hall–Kier alpha value is -2.73. The number of likely N-dealkylation sites (N-methyl/N-ethyl adjacent to an activating group) is 1. The van der Waals surface area contributed by atoms with E-state index in [1.165, 1.54) is 4.90 Å². The minimum atomic E-state index is -0.890. The maximum atomic E-state index is 12.2. The highest BCUT2D eigenvalue weighted by Gasteiger charge is 2.29. The van der Waals surface area contributed by atoms with Gasteiger partial charge in [-0.25, -0.2) is 4.79 Å². The highest BCUT2D eigenvalue weighted by atomic mass is 35.5. The molecule has 0 fully saturated rings. The third-order valence-corrected chi connectivity index (χ3v) is 4.12. The lowest BCUT2D eigenvalue weighted by Crippen LogP contribution is -2.40. The lowest BCUT2D eigenvalue weighted by molar-refractivity contribution is -0.159. The zero-order valence-electron chi connectivity index (χ0n) is 14.2. The molecule has 0 bridgehead atoms. The molecule has 26 heavy (non-hydrogen) atoms. The van der Waals surface area contributed by atoms with Crippen molar-refractivity contribution in [3.8, 4) is 11.5 Å². The van der Waals surface area contributed by atoms with E-state index in [2.05, 4.69) is 0 Å². The molecule has 1 atom stereocenters. The molecule has 1 aliphatic rings. The fraction of sp³-hybridized carbons (Fsp3) is 0.263. The highest BCUT2D eigenvalue weighted by Crippen LogP contribution is 2.31. The van der Waals surface area contributed by atoms with Gasteiger partial charge in [-0.3, -0.25) is 4.79 Å². The molecule has 2 aromatic carbocycles. The summed E-state index contributed by atoms with van der Waals surface area (Å²) in [7, 11) is 1.64. The van der Waals surface area contributed by atoms with Crippen molar-refractivity contribution >= 4 is 23.5 Å². The van der Waals surface area contributed by atoms with Gasteiger partial charge in [0, 0.05) is 18.6 Å². The third kappa shape index (κ3) is 4.46. The number of fused-ring (bicyclic) bond motifs is 1. The molecule has 0 N–H and O–H groups in total. The van der Waals surface area contributed by atoms with Crippen molar-refractivity contribution in [2.24, 2.45) is 0 Å². The zero-order valence-corrected chi connectivity index (χ0v) is 14.9. The van der Waals surface area contributed by atoms with E-state index in [-0.39, 0.29) is 19.1 Å². The molecule has 0 spiro atoms. The summed E-state index contributed by atoms with van der Waals surface area (Å²) in [5.41, 5.74) is 0.928. The first-order chi connectivity index (χ1) is 12.5. The fourth-order valence-electron chi connectivity index (χ4n) is 2.42. The van der Waals surface area contributed by atoms with Gasteiger partial charge in [-0.05, 0) is 29.8 Å². The topological polar surface area (TPSA) is 65.1 Å². The van der Waals surface area contributed by atoms with Crippen molar-refractivity contribution in [3.05, 3.63) is 59.1 Å². The van der Waals surface area contributed by atoms with Gasteiger partial charge in [-0.15, -0.1) is 0 Å². The summed E-state index contributed by atoms with van der Waals surface area (Å²) in [6.07, 6.45) is -0.890. The Labute approximate surface area is 156 Å². The first kappa shape index (κ1) is 18.1. The molecular formula is C19H18ClNO5. The summed E-state index contributed by atoms with van der Waals surface area (Å²) in [4.78, 5) is 25.7. The second-order valence-electron chi connectivity index (χ2n) is 5.85. The van der Waals surface area contributed by atoms with Gasteiger partial charge in [0.25, 0.3) is 5.91 Å². The van der Waals surface area contributed by atoms with Gasteiger partial charge in [-0.2, -0.15) is 0 Å². The van der Waals surface area contributed by atoms with Crippen molar-refractivity contribution < 1.29 is 23.8 Å². The van der Waals surface area contributed by atoms with Crippen LogP contribution in [-0.4, -0.2) is 43.1 Å². The molecule has 3 rings (SSSR count). The van der Waals surface area contributed by atoms with Gasteiger partial charge >= 0.3 is 5.97 Å². The van der Waals surface area contributed by atoms with Crippen LogP contribution < -0.4 is 9.47 Å². The van der Waals surface area contributed by atoms with Crippen LogP contribution in [0.1, 0.15) is 5.56 Å². The number of ether oxygens (including phenoxy) is 3. The summed E-state index contributed by atoms with van der Waals surface area (Å²) < 4.78 is 16.1. The second kappa shape index (κ2) is 8.10. The smallest absolute Gasteiger partial charge is 0.351 e. The normalized spacial score (nSPS) is 15.2. The van der Waals surface area contributed by atoms with Gasteiger partial charge in [0.1, 0.15) is 6.61 Å². The molecule has 7 heteroatoms. The molecule has 0 unspecified atom stereocenters. The minimum Gasteiger partial charge on any atom is -0.485 e. The number of benzene rings is 2. The van der Waals surface area contributed by atoms with Gasteiger partial charge < -0.3 is 19.1 Å². The summed E-state index contributed by atoms with van der Waals surface area (Å²) in [5, 5.41) is 0.632. The average Bonchev–Trinajstić information content (AvgIpc) is 2.67. The minimum absolute atomic E-state index is 0.0463. The Morgan fingerprint density at radius 2 is 1.85 bits per heavy atom. The molecular weight excluding hydrogens is 358 g/mol. The molecule has 0 aliphatic carbocycles. The van der Waals surface area contributed by atoms with Crippen molar-refractivity contribution in [1.29, 1.82) is 0 Å². The molecule has 1 heterocycles. The van der Waals surface area contributed by atoms with Crippen molar-refractivity contribution in [2.75, 3.05) is 20.3 Å². The lowest BCUT2D eigenvalue weighted by Gasteiger charge is -2.25. The Kier molecular flexibility index (Phi) is 5.63. The van der Waals surface area contributed by atoms with E-state index in [0.717, 1.165) is 5.56 Å². The standard InChI is InChI=1S/C19H18ClNO5/c1-21(10-13-6-8-14(20)9-7-13)18(22)12-25-19(23)17-11-24-15-4-2-3-5-16(15)26-17/h2-9,17H,10-12H2,1H3/t17-/m0/s1.